The second kappa shape index (κ2) is 9.16. The van der Waals surface area contributed by atoms with E-state index in [9.17, 15) is 9.59 Å². The lowest BCUT2D eigenvalue weighted by Crippen LogP contribution is -2.26. The Morgan fingerprint density at radius 1 is 1.14 bits per heavy atom. The van der Waals surface area contributed by atoms with Crippen molar-refractivity contribution in [2.75, 3.05) is 13.2 Å². The fourth-order valence-corrected chi connectivity index (χ4v) is 1.93. The molecule has 1 rings (SSSR count). The summed E-state index contributed by atoms with van der Waals surface area (Å²) in [6, 6.07) is 7.51. The number of ketones is 1. The van der Waals surface area contributed by atoms with Crippen LogP contribution in [0.3, 0.4) is 0 Å². The van der Waals surface area contributed by atoms with Crippen LogP contribution in [-0.4, -0.2) is 25.0 Å². The van der Waals surface area contributed by atoms with E-state index in [1.54, 1.807) is 6.92 Å². The molecule has 0 heterocycles. The number of benzene rings is 1. The number of hydrogen-bond donors (Lipinski definition) is 0. The van der Waals surface area contributed by atoms with Crippen molar-refractivity contribution in [3.8, 4) is 5.75 Å². The van der Waals surface area contributed by atoms with Crippen molar-refractivity contribution in [2.24, 2.45) is 5.92 Å². The van der Waals surface area contributed by atoms with E-state index in [1.165, 1.54) is 6.92 Å². The summed E-state index contributed by atoms with van der Waals surface area (Å²) in [6.45, 7) is 6.26. The Balaban J connectivity index is 2.63. The number of hydrogen-bond acceptors (Lipinski definition) is 4. The summed E-state index contributed by atoms with van der Waals surface area (Å²) in [5.41, 5.74) is 0.922. The molecule has 0 saturated heterocycles. The number of esters is 1. The molecule has 1 unspecified atom stereocenters. The number of carbonyl (C=O) groups is 2. The van der Waals surface area contributed by atoms with Gasteiger partial charge < -0.3 is 9.47 Å². The molecule has 0 aliphatic heterocycles. The van der Waals surface area contributed by atoms with E-state index in [-0.39, 0.29) is 12.4 Å². The van der Waals surface area contributed by atoms with E-state index in [2.05, 4.69) is 6.92 Å². The minimum absolute atomic E-state index is 0.170. The first-order valence-corrected chi connectivity index (χ1v) is 7.47. The summed E-state index contributed by atoms with van der Waals surface area (Å²) in [7, 11) is 0. The zero-order chi connectivity index (χ0) is 15.7. The number of rotatable bonds is 9. The highest BCUT2D eigenvalue weighted by Crippen LogP contribution is 2.17. The van der Waals surface area contributed by atoms with Crippen molar-refractivity contribution in [3.05, 3.63) is 29.8 Å². The molecule has 0 N–H and O–H groups in total. The standard InChI is InChI=1S/C17H24O4/c1-4-6-11-21-15-9-7-14(8-10-15)12-16(13(3)18)17(19)20-5-2/h7-10,16H,4-6,11-12H2,1-3H3. The number of carbonyl (C=O) groups excluding carboxylic acids is 2. The van der Waals surface area contributed by atoms with Crippen LogP contribution >= 0.6 is 0 Å². The summed E-state index contributed by atoms with van der Waals surface area (Å²) in [5, 5.41) is 0. The summed E-state index contributed by atoms with van der Waals surface area (Å²) >= 11 is 0. The summed E-state index contributed by atoms with van der Waals surface area (Å²) in [6.07, 6.45) is 2.48. The van der Waals surface area contributed by atoms with E-state index in [1.807, 2.05) is 24.3 Å². The van der Waals surface area contributed by atoms with Crippen LogP contribution in [0.4, 0.5) is 0 Å². The number of unbranched alkanes of at least 4 members (excludes halogenated alkanes) is 1. The molecule has 0 saturated carbocycles. The molecular formula is C17H24O4. The van der Waals surface area contributed by atoms with Crippen LogP contribution in [0.2, 0.25) is 0 Å². The van der Waals surface area contributed by atoms with E-state index in [0.717, 1.165) is 24.2 Å². The summed E-state index contributed by atoms with van der Waals surface area (Å²) < 4.78 is 10.5. The monoisotopic (exact) mass is 292 g/mol. The molecule has 21 heavy (non-hydrogen) atoms. The van der Waals surface area contributed by atoms with Gasteiger partial charge in [-0.05, 0) is 44.4 Å². The molecule has 0 aromatic heterocycles. The lowest BCUT2D eigenvalue weighted by molar-refractivity contribution is -0.151. The van der Waals surface area contributed by atoms with E-state index in [4.69, 9.17) is 9.47 Å². The minimum Gasteiger partial charge on any atom is -0.494 e. The van der Waals surface area contributed by atoms with Gasteiger partial charge in [0.15, 0.2) is 0 Å². The van der Waals surface area contributed by atoms with Gasteiger partial charge in [0.25, 0.3) is 0 Å². The molecule has 0 aliphatic carbocycles. The maximum Gasteiger partial charge on any atom is 0.316 e. The Kier molecular flexibility index (Phi) is 7.51. The first-order chi connectivity index (χ1) is 10.1. The van der Waals surface area contributed by atoms with Crippen LogP contribution in [-0.2, 0) is 20.7 Å². The number of ether oxygens (including phenoxy) is 2. The zero-order valence-corrected chi connectivity index (χ0v) is 13.1. The molecule has 1 aromatic rings. The Bertz CT molecular complexity index is 450. The molecule has 0 fully saturated rings. The topological polar surface area (TPSA) is 52.6 Å². The fraction of sp³-hybridized carbons (Fsp3) is 0.529. The maximum absolute atomic E-state index is 11.8. The Morgan fingerprint density at radius 3 is 2.33 bits per heavy atom. The lowest BCUT2D eigenvalue weighted by atomic mass is 9.96. The molecule has 0 radical (unpaired) electrons. The van der Waals surface area contributed by atoms with Crippen molar-refractivity contribution in [1.82, 2.24) is 0 Å². The SMILES string of the molecule is CCCCOc1ccc(CC(C(C)=O)C(=O)OCC)cc1. The molecule has 0 bridgehead atoms. The van der Waals surface area contributed by atoms with E-state index >= 15 is 0 Å². The van der Waals surface area contributed by atoms with Crippen LogP contribution in [0.1, 0.15) is 39.2 Å². The predicted molar refractivity (Wildman–Crippen MR) is 81.4 cm³/mol. The first-order valence-electron chi connectivity index (χ1n) is 7.47. The van der Waals surface area contributed by atoms with Gasteiger partial charge in [-0.2, -0.15) is 0 Å². The second-order valence-electron chi connectivity index (χ2n) is 4.97. The van der Waals surface area contributed by atoms with E-state index < -0.39 is 11.9 Å². The smallest absolute Gasteiger partial charge is 0.316 e. The van der Waals surface area contributed by atoms with Crippen LogP contribution < -0.4 is 4.74 Å². The van der Waals surface area contributed by atoms with Gasteiger partial charge in [0, 0.05) is 0 Å². The fourth-order valence-electron chi connectivity index (χ4n) is 1.93. The molecule has 4 nitrogen and oxygen atoms in total. The van der Waals surface area contributed by atoms with Crippen LogP contribution in [0.15, 0.2) is 24.3 Å². The van der Waals surface area contributed by atoms with Gasteiger partial charge in [0.1, 0.15) is 17.5 Å². The number of Topliss-reactive ketones (excluding diaryl/α,β-unsaturated/α-hetero) is 1. The van der Waals surface area contributed by atoms with Crippen molar-refractivity contribution in [2.45, 2.75) is 40.0 Å². The minimum atomic E-state index is -0.725. The molecule has 116 valence electrons. The van der Waals surface area contributed by atoms with Crippen LogP contribution in [0.5, 0.6) is 5.75 Å². The van der Waals surface area contributed by atoms with Crippen LogP contribution in [0.25, 0.3) is 0 Å². The van der Waals surface area contributed by atoms with Gasteiger partial charge in [0.2, 0.25) is 0 Å². The zero-order valence-electron chi connectivity index (χ0n) is 13.1. The lowest BCUT2D eigenvalue weighted by Gasteiger charge is -2.13. The third-order valence-corrected chi connectivity index (χ3v) is 3.19. The average Bonchev–Trinajstić information content (AvgIpc) is 2.46. The molecular weight excluding hydrogens is 268 g/mol. The van der Waals surface area contributed by atoms with Crippen molar-refractivity contribution in [3.63, 3.8) is 0 Å². The first kappa shape index (κ1) is 17.2. The quantitative estimate of drug-likeness (QED) is 0.398. The van der Waals surface area contributed by atoms with Crippen molar-refractivity contribution >= 4 is 11.8 Å². The van der Waals surface area contributed by atoms with Gasteiger partial charge in [-0.1, -0.05) is 25.5 Å². The van der Waals surface area contributed by atoms with Gasteiger partial charge >= 0.3 is 5.97 Å². The predicted octanol–water partition coefficient (Wildman–Crippen LogP) is 3.18. The summed E-state index contributed by atoms with van der Waals surface area (Å²) in [4.78, 5) is 23.3. The Morgan fingerprint density at radius 2 is 1.81 bits per heavy atom. The largest absolute Gasteiger partial charge is 0.494 e. The normalized spacial score (nSPS) is 11.8. The Labute approximate surface area is 126 Å². The molecule has 4 heteroatoms. The van der Waals surface area contributed by atoms with Crippen molar-refractivity contribution in [1.29, 1.82) is 0 Å². The molecule has 1 aromatic carbocycles. The summed E-state index contributed by atoms with van der Waals surface area (Å²) in [5.74, 6) is -0.537. The third-order valence-electron chi connectivity index (χ3n) is 3.19. The highest BCUT2D eigenvalue weighted by Gasteiger charge is 2.24. The molecule has 0 spiro atoms. The highest BCUT2D eigenvalue weighted by atomic mass is 16.5. The maximum atomic E-state index is 11.8. The average molecular weight is 292 g/mol. The van der Waals surface area contributed by atoms with Crippen LogP contribution in [0, 0.1) is 5.92 Å². The third kappa shape index (κ3) is 5.98. The van der Waals surface area contributed by atoms with Crippen molar-refractivity contribution < 1.29 is 19.1 Å². The van der Waals surface area contributed by atoms with Gasteiger partial charge in [-0.3, -0.25) is 9.59 Å². The van der Waals surface area contributed by atoms with E-state index in [0.29, 0.717) is 13.0 Å². The molecule has 0 aliphatic rings. The van der Waals surface area contributed by atoms with Gasteiger partial charge in [-0.15, -0.1) is 0 Å². The Hall–Kier alpha value is -1.84. The molecule has 1 atom stereocenters. The van der Waals surface area contributed by atoms with Gasteiger partial charge in [0.05, 0.1) is 13.2 Å². The van der Waals surface area contributed by atoms with Gasteiger partial charge in [-0.25, -0.2) is 0 Å². The highest BCUT2D eigenvalue weighted by molar-refractivity contribution is 5.98. The second-order valence-corrected chi connectivity index (χ2v) is 4.97. The molecule has 0 amide bonds.